The van der Waals surface area contributed by atoms with E-state index in [1.165, 1.54) is 0 Å². The monoisotopic (exact) mass is 252 g/mol. The van der Waals surface area contributed by atoms with Crippen LogP contribution in [0.2, 0.25) is 0 Å². The van der Waals surface area contributed by atoms with Crippen LogP contribution in [-0.4, -0.2) is 33.3 Å². The first-order chi connectivity index (χ1) is 8.25. The number of hydrogen-bond acceptors (Lipinski definition) is 4. The molecule has 1 unspecified atom stereocenters. The molecular formula is C12H16N2O2S. The van der Waals surface area contributed by atoms with Gasteiger partial charge in [-0.3, -0.25) is 4.40 Å². The Labute approximate surface area is 104 Å². The van der Waals surface area contributed by atoms with Gasteiger partial charge < -0.3 is 9.84 Å². The van der Waals surface area contributed by atoms with Crippen LogP contribution in [0.4, 0.5) is 0 Å². The van der Waals surface area contributed by atoms with Crippen molar-refractivity contribution in [2.75, 3.05) is 13.2 Å². The second-order valence-corrected chi connectivity index (χ2v) is 5.57. The zero-order valence-electron chi connectivity index (χ0n) is 9.63. The first kappa shape index (κ1) is 11.2. The summed E-state index contributed by atoms with van der Waals surface area (Å²) in [6, 6.07) is 0. The largest absolute Gasteiger partial charge is 0.389 e. The second-order valence-electron chi connectivity index (χ2n) is 4.69. The highest BCUT2D eigenvalue weighted by atomic mass is 32.1. The van der Waals surface area contributed by atoms with Gasteiger partial charge in [-0.1, -0.05) is 0 Å². The molecule has 0 bridgehead atoms. The minimum Gasteiger partial charge on any atom is -0.389 e. The number of imidazole rings is 1. The molecule has 2 aromatic heterocycles. The normalized spacial score (nSPS) is 26.2. The van der Waals surface area contributed by atoms with Crippen LogP contribution in [-0.2, 0) is 11.2 Å². The summed E-state index contributed by atoms with van der Waals surface area (Å²) in [6.45, 7) is 1.42. The number of rotatable bonds is 2. The molecule has 0 saturated carbocycles. The van der Waals surface area contributed by atoms with E-state index in [-0.39, 0.29) is 0 Å². The summed E-state index contributed by atoms with van der Waals surface area (Å²) in [5.41, 5.74) is 0.335. The molecule has 2 aromatic rings. The molecule has 3 rings (SSSR count). The molecule has 3 heterocycles. The first-order valence-corrected chi connectivity index (χ1v) is 6.84. The highest BCUT2D eigenvalue weighted by Gasteiger charge is 2.29. The summed E-state index contributed by atoms with van der Waals surface area (Å²) in [6.07, 6.45) is 7.08. The molecule has 1 aliphatic rings. The van der Waals surface area contributed by atoms with Crippen molar-refractivity contribution in [3.8, 4) is 0 Å². The van der Waals surface area contributed by atoms with Crippen LogP contribution in [0.3, 0.4) is 0 Å². The zero-order valence-corrected chi connectivity index (χ0v) is 10.4. The van der Waals surface area contributed by atoms with Crippen LogP contribution in [0.1, 0.15) is 25.0 Å². The van der Waals surface area contributed by atoms with Gasteiger partial charge in [0.15, 0.2) is 4.96 Å². The third kappa shape index (κ3) is 2.36. The maximum absolute atomic E-state index is 10.5. The Hall–Kier alpha value is -0.910. The van der Waals surface area contributed by atoms with Gasteiger partial charge in [-0.25, -0.2) is 4.98 Å². The van der Waals surface area contributed by atoms with Crippen molar-refractivity contribution in [3.05, 3.63) is 23.5 Å². The highest BCUT2D eigenvalue weighted by molar-refractivity contribution is 7.15. The Balaban J connectivity index is 1.78. The molecule has 1 aliphatic heterocycles. The smallest absolute Gasteiger partial charge is 0.193 e. The number of ether oxygens (including phenoxy) is 1. The van der Waals surface area contributed by atoms with Gasteiger partial charge in [-0.05, 0) is 19.3 Å². The van der Waals surface area contributed by atoms with Crippen molar-refractivity contribution in [2.45, 2.75) is 31.3 Å². The van der Waals surface area contributed by atoms with Crippen molar-refractivity contribution >= 4 is 16.3 Å². The fourth-order valence-corrected chi connectivity index (χ4v) is 3.09. The molecule has 1 N–H and O–H groups in total. The van der Waals surface area contributed by atoms with Gasteiger partial charge in [0.2, 0.25) is 0 Å². The van der Waals surface area contributed by atoms with Crippen molar-refractivity contribution in [1.29, 1.82) is 0 Å². The number of aromatic nitrogens is 2. The Morgan fingerprint density at radius 2 is 2.41 bits per heavy atom. The molecule has 1 atom stereocenters. The summed E-state index contributed by atoms with van der Waals surface area (Å²) >= 11 is 1.62. The van der Waals surface area contributed by atoms with Gasteiger partial charge in [0.05, 0.1) is 11.3 Å². The van der Waals surface area contributed by atoms with E-state index in [0.29, 0.717) is 19.4 Å². The van der Waals surface area contributed by atoms with Gasteiger partial charge in [-0.2, -0.15) is 0 Å². The number of thiazole rings is 1. The Morgan fingerprint density at radius 3 is 3.29 bits per heavy atom. The van der Waals surface area contributed by atoms with Crippen molar-refractivity contribution in [1.82, 2.24) is 9.38 Å². The standard InChI is InChI=1S/C12H16N2O2S/c15-12(2-1-5-16-6-3-12)8-10-9-14-4-7-17-11(14)13-10/h4,7,9,15H,1-3,5-6,8H2. The van der Waals surface area contributed by atoms with E-state index in [1.54, 1.807) is 11.3 Å². The average molecular weight is 252 g/mol. The number of hydrogen-bond donors (Lipinski definition) is 1. The Bertz CT molecular complexity index is 469. The second kappa shape index (κ2) is 4.40. The summed E-state index contributed by atoms with van der Waals surface area (Å²) in [7, 11) is 0. The molecule has 5 heteroatoms. The molecular weight excluding hydrogens is 236 g/mol. The number of fused-ring (bicyclic) bond motifs is 1. The third-order valence-corrected chi connectivity index (χ3v) is 4.07. The minimum atomic E-state index is -0.638. The molecule has 17 heavy (non-hydrogen) atoms. The van der Waals surface area contributed by atoms with Crippen molar-refractivity contribution < 1.29 is 9.84 Å². The van der Waals surface area contributed by atoms with E-state index < -0.39 is 5.60 Å². The summed E-state index contributed by atoms with van der Waals surface area (Å²) in [5, 5.41) is 12.6. The molecule has 4 nitrogen and oxygen atoms in total. The van der Waals surface area contributed by atoms with Crippen LogP contribution in [0.5, 0.6) is 0 Å². The maximum Gasteiger partial charge on any atom is 0.193 e. The molecule has 0 aliphatic carbocycles. The van der Waals surface area contributed by atoms with Gasteiger partial charge >= 0.3 is 0 Å². The topological polar surface area (TPSA) is 46.8 Å². The molecule has 0 spiro atoms. The van der Waals surface area contributed by atoms with Crippen LogP contribution in [0.25, 0.3) is 4.96 Å². The fourth-order valence-electron chi connectivity index (χ4n) is 2.37. The SMILES string of the molecule is OC1(Cc2cn3ccsc3n2)CCCOCC1. The van der Waals surface area contributed by atoms with E-state index in [0.717, 1.165) is 30.1 Å². The van der Waals surface area contributed by atoms with Crippen molar-refractivity contribution in [2.24, 2.45) is 0 Å². The lowest BCUT2D eigenvalue weighted by molar-refractivity contribution is 0.0181. The van der Waals surface area contributed by atoms with Gasteiger partial charge in [0.25, 0.3) is 0 Å². The van der Waals surface area contributed by atoms with E-state index in [1.807, 2.05) is 22.2 Å². The lowest BCUT2D eigenvalue weighted by Crippen LogP contribution is -2.31. The van der Waals surface area contributed by atoms with Gasteiger partial charge in [0.1, 0.15) is 0 Å². The van der Waals surface area contributed by atoms with Gasteiger partial charge in [0, 0.05) is 37.4 Å². The molecule has 0 radical (unpaired) electrons. The van der Waals surface area contributed by atoms with E-state index in [2.05, 4.69) is 4.98 Å². The van der Waals surface area contributed by atoms with Crippen LogP contribution < -0.4 is 0 Å². The lowest BCUT2D eigenvalue weighted by Gasteiger charge is -2.24. The van der Waals surface area contributed by atoms with Crippen molar-refractivity contribution in [3.63, 3.8) is 0 Å². The minimum absolute atomic E-state index is 0.630. The van der Waals surface area contributed by atoms with E-state index in [4.69, 9.17) is 4.74 Å². The van der Waals surface area contributed by atoms with E-state index in [9.17, 15) is 5.11 Å². The zero-order chi connectivity index (χ0) is 11.7. The lowest BCUT2D eigenvalue weighted by atomic mass is 9.90. The third-order valence-electron chi connectivity index (χ3n) is 3.30. The average Bonchev–Trinajstić information content (AvgIpc) is 2.76. The quantitative estimate of drug-likeness (QED) is 0.887. The number of aliphatic hydroxyl groups is 1. The molecule has 1 fully saturated rings. The molecule has 0 aromatic carbocycles. The maximum atomic E-state index is 10.5. The summed E-state index contributed by atoms with van der Waals surface area (Å²) in [5.74, 6) is 0. The summed E-state index contributed by atoms with van der Waals surface area (Å²) < 4.78 is 7.40. The first-order valence-electron chi connectivity index (χ1n) is 5.96. The van der Waals surface area contributed by atoms with E-state index >= 15 is 0 Å². The predicted octanol–water partition coefficient (Wildman–Crippen LogP) is 1.87. The number of nitrogens with zero attached hydrogens (tertiary/aromatic N) is 2. The predicted molar refractivity (Wildman–Crippen MR) is 66.4 cm³/mol. The molecule has 92 valence electrons. The van der Waals surface area contributed by atoms with Gasteiger partial charge in [-0.15, -0.1) is 11.3 Å². The van der Waals surface area contributed by atoms with Crippen LogP contribution >= 0.6 is 11.3 Å². The van der Waals surface area contributed by atoms with Crippen LogP contribution in [0, 0.1) is 0 Å². The fraction of sp³-hybridized carbons (Fsp3) is 0.583. The molecule has 0 amide bonds. The molecule has 1 saturated heterocycles. The highest BCUT2D eigenvalue weighted by Crippen LogP contribution is 2.26. The Kier molecular flexibility index (Phi) is 2.90. The summed E-state index contributed by atoms with van der Waals surface area (Å²) in [4.78, 5) is 5.52. The Morgan fingerprint density at radius 1 is 1.47 bits per heavy atom. The van der Waals surface area contributed by atoms with Crippen LogP contribution in [0.15, 0.2) is 17.8 Å².